The van der Waals surface area contributed by atoms with Crippen molar-refractivity contribution in [2.75, 3.05) is 23.7 Å². The Kier molecular flexibility index (Phi) is 6.50. The van der Waals surface area contributed by atoms with Crippen LogP contribution in [-0.4, -0.2) is 51.2 Å². The van der Waals surface area contributed by atoms with Crippen molar-refractivity contribution in [3.8, 4) is 11.1 Å². The molecule has 0 bridgehead atoms. The number of benzene rings is 1. The van der Waals surface area contributed by atoms with E-state index in [0.29, 0.717) is 30.1 Å². The van der Waals surface area contributed by atoms with Crippen molar-refractivity contribution >= 4 is 23.2 Å². The predicted molar refractivity (Wildman–Crippen MR) is 135 cm³/mol. The number of likely N-dealkylation sites (tertiary alicyclic amines) is 1. The largest absolute Gasteiger partial charge is 0.444 e. The van der Waals surface area contributed by atoms with Gasteiger partial charge in [-0.05, 0) is 70.9 Å². The molecular formula is C26H33N5O3. The van der Waals surface area contributed by atoms with Gasteiger partial charge in [0, 0.05) is 37.1 Å². The third-order valence-corrected chi connectivity index (χ3v) is 5.54. The number of nitrogens with zero attached hydrogens (tertiary/aromatic N) is 3. The lowest BCUT2D eigenvalue weighted by Crippen LogP contribution is -2.36. The number of carbonyl (C=O) groups excluding carboxylic acids is 1. The van der Waals surface area contributed by atoms with E-state index in [1.165, 1.54) is 0 Å². The fourth-order valence-electron chi connectivity index (χ4n) is 4.07. The zero-order valence-electron chi connectivity index (χ0n) is 20.5. The lowest BCUT2D eigenvalue weighted by molar-refractivity contribution is 0.0293. The van der Waals surface area contributed by atoms with Crippen LogP contribution in [0.15, 0.2) is 53.5 Å². The maximum atomic E-state index is 13.3. The fraction of sp³-hybridized carbons (Fsp3) is 0.423. The Labute approximate surface area is 200 Å². The third kappa shape index (κ3) is 5.32. The minimum absolute atomic E-state index is 0.113. The number of rotatable bonds is 5. The number of ether oxygens (including phenoxy) is 1. The van der Waals surface area contributed by atoms with Crippen LogP contribution in [0, 0.1) is 0 Å². The molecular weight excluding hydrogens is 430 g/mol. The van der Waals surface area contributed by atoms with Gasteiger partial charge in [0.25, 0.3) is 5.56 Å². The molecule has 3 heterocycles. The topological polar surface area (TPSA) is 88.0 Å². The van der Waals surface area contributed by atoms with Gasteiger partial charge in [0.15, 0.2) is 0 Å². The summed E-state index contributed by atoms with van der Waals surface area (Å²) in [6, 6.07) is 13.6. The van der Waals surface area contributed by atoms with Gasteiger partial charge in [-0.25, -0.2) is 9.78 Å². The molecule has 1 amide bonds. The Bertz CT molecular complexity index is 1230. The number of carbonyl (C=O) groups is 1. The summed E-state index contributed by atoms with van der Waals surface area (Å²) >= 11 is 0. The second-order valence-electron chi connectivity index (χ2n) is 10.0. The number of hydrogen-bond acceptors (Lipinski definition) is 6. The number of anilines is 2. The average Bonchev–Trinajstić information content (AvgIpc) is 3.22. The Hall–Kier alpha value is -3.55. The standard InChI is InChI=1S/C26H33N5O3/c1-17(2)27-23-22(24(32)31-14-7-6-8-21(31)29-23)18-9-11-19(12-10-18)28-20-13-15-30(16-20)25(33)34-26(3,4)5/h6-12,14,17,20,27-28H,13,15-16H2,1-5H3/t20-/m1/s1. The lowest BCUT2D eigenvalue weighted by Gasteiger charge is -2.24. The molecule has 1 saturated heterocycles. The van der Waals surface area contributed by atoms with Gasteiger partial charge < -0.3 is 20.3 Å². The van der Waals surface area contributed by atoms with E-state index in [4.69, 9.17) is 9.72 Å². The number of pyridine rings is 1. The van der Waals surface area contributed by atoms with Crippen LogP contribution in [0.3, 0.4) is 0 Å². The summed E-state index contributed by atoms with van der Waals surface area (Å²) in [6.07, 6.45) is 2.31. The van der Waals surface area contributed by atoms with Crippen LogP contribution in [0.5, 0.6) is 0 Å². The van der Waals surface area contributed by atoms with E-state index in [1.54, 1.807) is 15.5 Å². The monoisotopic (exact) mass is 463 g/mol. The van der Waals surface area contributed by atoms with Crippen LogP contribution in [0.25, 0.3) is 16.8 Å². The molecule has 8 nitrogen and oxygen atoms in total. The quantitative estimate of drug-likeness (QED) is 0.575. The van der Waals surface area contributed by atoms with Crippen LogP contribution in [0.1, 0.15) is 41.0 Å². The second-order valence-corrected chi connectivity index (χ2v) is 10.0. The van der Waals surface area contributed by atoms with Crippen molar-refractivity contribution < 1.29 is 9.53 Å². The van der Waals surface area contributed by atoms with Gasteiger partial charge in [-0.15, -0.1) is 0 Å². The van der Waals surface area contributed by atoms with E-state index in [9.17, 15) is 9.59 Å². The smallest absolute Gasteiger partial charge is 0.410 e. The van der Waals surface area contributed by atoms with Gasteiger partial charge in [-0.1, -0.05) is 18.2 Å². The summed E-state index contributed by atoms with van der Waals surface area (Å²) in [4.78, 5) is 32.1. The summed E-state index contributed by atoms with van der Waals surface area (Å²) in [7, 11) is 0. The molecule has 1 aliphatic heterocycles. The zero-order valence-corrected chi connectivity index (χ0v) is 20.5. The number of amides is 1. The highest BCUT2D eigenvalue weighted by molar-refractivity contribution is 5.77. The molecule has 1 aliphatic rings. The first-order valence-electron chi connectivity index (χ1n) is 11.7. The summed E-state index contributed by atoms with van der Waals surface area (Å²) in [5.74, 6) is 0.579. The first kappa shape index (κ1) is 23.6. The van der Waals surface area contributed by atoms with Crippen molar-refractivity contribution in [3.63, 3.8) is 0 Å². The molecule has 2 aromatic heterocycles. The Morgan fingerprint density at radius 2 is 1.88 bits per heavy atom. The third-order valence-electron chi connectivity index (χ3n) is 5.54. The van der Waals surface area contributed by atoms with Crippen molar-refractivity contribution in [1.29, 1.82) is 0 Å². The highest BCUT2D eigenvalue weighted by Crippen LogP contribution is 2.26. The SMILES string of the molecule is CC(C)Nc1nc2ccccn2c(=O)c1-c1ccc(N[C@@H]2CCN(C(=O)OC(C)(C)C)C2)cc1. The predicted octanol–water partition coefficient (Wildman–Crippen LogP) is 4.60. The summed E-state index contributed by atoms with van der Waals surface area (Å²) in [6.45, 7) is 10.9. The van der Waals surface area contributed by atoms with E-state index < -0.39 is 5.60 Å². The maximum Gasteiger partial charge on any atom is 0.410 e. The molecule has 34 heavy (non-hydrogen) atoms. The number of nitrogens with one attached hydrogen (secondary N) is 2. The first-order valence-corrected chi connectivity index (χ1v) is 11.7. The molecule has 3 aromatic rings. The molecule has 0 spiro atoms. The van der Waals surface area contributed by atoms with Gasteiger partial charge in [0.2, 0.25) is 0 Å². The van der Waals surface area contributed by atoms with Gasteiger partial charge in [0.05, 0.1) is 5.56 Å². The molecule has 1 aromatic carbocycles. The van der Waals surface area contributed by atoms with Crippen LogP contribution in [-0.2, 0) is 4.74 Å². The maximum absolute atomic E-state index is 13.3. The fourth-order valence-corrected chi connectivity index (χ4v) is 4.07. The molecule has 2 N–H and O–H groups in total. The first-order chi connectivity index (χ1) is 16.1. The van der Waals surface area contributed by atoms with E-state index in [0.717, 1.165) is 17.7 Å². The lowest BCUT2D eigenvalue weighted by atomic mass is 10.1. The molecule has 4 rings (SSSR count). The van der Waals surface area contributed by atoms with Crippen molar-refractivity contribution in [3.05, 3.63) is 59.0 Å². The van der Waals surface area contributed by atoms with Gasteiger partial charge in [0.1, 0.15) is 17.1 Å². The molecule has 8 heteroatoms. The van der Waals surface area contributed by atoms with Crippen molar-refractivity contribution in [2.45, 2.75) is 58.7 Å². The van der Waals surface area contributed by atoms with E-state index in [2.05, 4.69) is 10.6 Å². The minimum Gasteiger partial charge on any atom is -0.444 e. The van der Waals surface area contributed by atoms with E-state index >= 15 is 0 Å². The highest BCUT2D eigenvalue weighted by Gasteiger charge is 2.29. The molecule has 0 saturated carbocycles. The van der Waals surface area contributed by atoms with Crippen LogP contribution >= 0.6 is 0 Å². The Morgan fingerprint density at radius 1 is 1.15 bits per heavy atom. The van der Waals surface area contributed by atoms with Crippen molar-refractivity contribution in [2.24, 2.45) is 0 Å². The minimum atomic E-state index is -0.502. The van der Waals surface area contributed by atoms with Crippen molar-refractivity contribution in [1.82, 2.24) is 14.3 Å². The zero-order chi connectivity index (χ0) is 24.5. The van der Waals surface area contributed by atoms with Gasteiger partial charge in [-0.3, -0.25) is 9.20 Å². The normalized spacial score (nSPS) is 16.2. The molecule has 1 fully saturated rings. The number of aromatic nitrogens is 2. The Balaban J connectivity index is 1.53. The number of hydrogen-bond donors (Lipinski definition) is 2. The van der Waals surface area contributed by atoms with Crippen LogP contribution in [0.4, 0.5) is 16.3 Å². The summed E-state index contributed by atoms with van der Waals surface area (Å²) in [5.41, 5.74) is 2.27. The molecule has 0 unspecified atom stereocenters. The van der Waals surface area contributed by atoms with E-state index in [1.807, 2.05) is 77.1 Å². The summed E-state index contributed by atoms with van der Waals surface area (Å²) < 4.78 is 7.05. The molecule has 180 valence electrons. The van der Waals surface area contributed by atoms with Crippen LogP contribution < -0.4 is 16.2 Å². The molecule has 1 atom stereocenters. The average molecular weight is 464 g/mol. The number of fused-ring (bicyclic) bond motifs is 1. The molecule has 0 aliphatic carbocycles. The summed E-state index contributed by atoms with van der Waals surface area (Å²) in [5, 5.41) is 6.81. The van der Waals surface area contributed by atoms with Crippen LogP contribution in [0.2, 0.25) is 0 Å². The Morgan fingerprint density at radius 3 is 2.56 bits per heavy atom. The second kappa shape index (κ2) is 9.37. The van der Waals surface area contributed by atoms with E-state index in [-0.39, 0.29) is 23.7 Å². The van der Waals surface area contributed by atoms with Gasteiger partial charge >= 0.3 is 6.09 Å². The highest BCUT2D eigenvalue weighted by atomic mass is 16.6. The van der Waals surface area contributed by atoms with Gasteiger partial charge in [-0.2, -0.15) is 0 Å². The molecule has 0 radical (unpaired) electrons.